The molecule has 2 rings (SSSR count). The summed E-state index contributed by atoms with van der Waals surface area (Å²) in [5.74, 6) is 0. The van der Waals surface area contributed by atoms with Crippen molar-refractivity contribution in [2.45, 2.75) is 25.9 Å². The molecule has 1 aromatic rings. The summed E-state index contributed by atoms with van der Waals surface area (Å²) >= 11 is 0. The van der Waals surface area contributed by atoms with Crippen molar-refractivity contribution in [2.24, 2.45) is 0 Å². The van der Waals surface area contributed by atoms with E-state index in [1.54, 1.807) is 0 Å². The highest BCUT2D eigenvalue weighted by Gasteiger charge is 2.16. The van der Waals surface area contributed by atoms with E-state index in [9.17, 15) is 5.11 Å². The Balaban J connectivity index is 1.94. The van der Waals surface area contributed by atoms with Gasteiger partial charge in [-0.15, -0.1) is 0 Å². The number of aliphatic hydroxyl groups excluding tert-OH is 1. The number of hydrogen-bond acceptors (Lipinski definition) is 3. The third kappa shape index (κ3) is 3.80. The Morgan fingerprint density at radius 3 is 2.82 bits per heavy atom. The molecule has 0 aliphatic carbocycles. The first-order valence-corrected chi connectivity index (χ1v) is 6.40. The topological polar surface area (TPSA) is 35.5 Å². The van der Waals surface area contributed by atoms with Gasteiger partial charge in [0.1, 0.15) is 0 Å². The summed E-state index contributed by atoms with van der Waals surface area (Å²) in [4.78, 5) is 2.42. The van der Waals surface area contributed by atoms with Crippen LogP contribution < -0.4 is 5.32 Å². The van der Waals surface area contributed by atoms with E-state index >= 15 is 0 Å². The van der Waals surface area contributed by atoms with Crippen molar-refractivity contribution in [3.63, 3.8) is 0 Å². The Hall–Kier alpha value is -0.900. The van der Waals surface area contributed by atoms with Gasteiger partial charge < -0.3 is 10.4 Å². The highest BCUT2D eigenvalue weighted by molar-refractivity contribution is 5.21. The molecule has 3 nitrogen and oxygen atoms in total. The fourth-order valence-electron chi connectivity index (χ4n) is 2.29. The van der Waals surface area contributed by atoms with Crippen LogP contribution in [0.2, 0.25) is 0 Å². The number of hydrogen-bond donors (Lipinski definition) is 2. The van der Waals surface area contributed by atoms with Gasteiger partial charge in [0.15, 0.2) is 0 Å². The molecule has 0 saturated carbocycles. The fourth-order valence-corrected chi connectivity index (χ4v) is 2.29. The molecule has 0 bridgehead atoms. The minimum Gasteiger partial charge on any atom is -0.395 e. The van der Waals surface area contributed by atoms with E-state index in [-0.39, 0.29) is 12.6 Å². The summed E-state index contributed by atoms with van der Waals surface area (Å²) in [6.07, 6.45) is 1.16. The molecule has 1 aromatic carbocycles. The van der Waals surface area contributed by atoms with Gasteiger partial charge in [-0.25, -0.2) is 0 Å². The van der Waals surface area contributed by atoms with Crippen LogP contribution in [-0.2, 0) is 6.54 Å². The zero-order valence-electron chi connectivity index (χ0n) is 10.5. The second-order valence-electron chi connectivity index (χ2n) is 4.91. The van der Waals surface area contributed by atoms with Crippen molar-refractivity contribution in [2.75, 3.05) is 26.2 Å². The maximum Gasteiger partial charge on any atom is 0.0597 e. The van der Waals surface area contributed by atoms with Gasteiger partial charge in [-0.05, 0) is 32.0 Å². The first-order valence-electron chi connectivity index (χ1n) is 6.40. The van der Waals surface area contributed by atoms with Gasteiger partial charge in [0, 0.05) is 19.1 Å². The van der Waals surface area contributed by atoms with E-state index in [1.165, 1.54) is 11.1 Å². The minimum absolute atomic E-state index is 0.225. The third-order valence-corrected chi connectivity index (χ3v) is 3.31. The summed E-state index contributed by atoms with van der Waals surface area (Å²) in [6.45, 7) is 6.38. The molecule has 94 valence electrons. The number of benzene rings is 1. The van der Waals surface area contributed by atoms with Gasteiger partial charge >= 0.3 is 0 Å². The lowest BCUT2D eigenvalue weighted by atomic mass is 10.1. The molecule has 1 aliphatic heterocycles. The molecule has 2 N–H and O–H groups in total. The van der Waals surface area contributed by atoms with Gasteiger partial charge in [0.25, 0.3) is 0 Å². The lowest BCUT2D eigenvalue weighted by Crippen LogP contribution is -2.39. The van der Waals surface area contributed by atoms with E-state index in [0.29, 0.717) is 0 Å². The molecule has 0 radical (unpaired) electrons. The van der Waals surface area contributed by atoms with Crippen molar-refractivity contribution < 1.29 is 5.11 Å². The normalized spacial score (nSPS) is 22.4. The van der Waals surface area contributed by atoms with Crippen LogP contribution in [0.1, 0.15) is 17.5 Å². The highest BCUT2D eigenvalue weighted by atomic mass is 16.3. The first-order chi connectivity index (χ1) is 8.28. The molecule has 0 spiro atoms. The van der Waals surface area contributed by atoms with Gasteiger partial charge in [0.2, 0.25) is 0 Å². The maximum absolute atomic E-state index is 9.25. The Bertz CT molecular complexity index is 337. The molecule has 1 heterocycles. The molecule has 1 unspecified atom stereocenters. The second-order valence-corrected chi connectivity index (χ2v) is 4.91. The monoisotopic (exact) mass is 234 g/mol. The van der Waals surface area contributed by atoms with Crippen LogP contribution in [0.15, 0.2) is 24.3 Å². The zero-order chi connectivity index (χ0) is 12.1. The number of nitrogens with one attached hydrogen (secondary N) is 1. The van der Waals surface area contributed by atoms with Gasteiger partial charge in [-0.1, -0.05) is 29.8 Å². The summed E-state index contributed by atoms with van der Waals surface area (Å²) < 4.78 is 0. The van der Waals surface area contributed by atoms with Crippen LogP contribution in [0, 0.1) is 6.92 Å². The summed E-state index contributed by atoms with van der Waals surface area (Å²) in [5, 5.41) is 12.6. The van der Waals surface area contributed by atoms with Gasteiger partial charge in [-0.3, -0.25) is 4.90 Å². The van der Waals surface area contributed by atoms with Crippen molar-refractivity contribution >= 4 is 0 Å². The summed E-state index contributed by atoms with van der Waals surface area (Å²) in [6, 6.07) is 8.94. The number of nitrogens with zero attached hydrogens (tertiary/aromatic N) is 1. The average Bonchev–Trinajstić information content (AvgIpc) is 2.57. The van der Waals surface area contributed by atoms with Crippen molar-refractivity contribution in [1.29, 1.82) is 0 Å². The molecular formula is C14H22N2O. The molecule has 1 aliphatic rings. The maximum atomic E-state index is 9.25. The SMILES string of the molecule is Cc1ccc(CN2CCCNC(CO)C2)cc1. The quantitative estimate of drug-likeness (QED) is 0.823. The Morgan fingerprint density at radius 2 is 2.12 bits per heavy atom. The largest absolute Gasteiger partial charge is 0.395 e. The Labute approximate surface area is 103 Å². The Kier molecular flexibility index (Phi) is 4.54. The Morgan fingerprint density at radius 1 is 1.35 bits per heavy atom. The van der Waals surface area contributed by atoms with Crippen LogP contribution >= 0.6 is 0 Å². The van der Waals surface area contributed by atoms with Crippen molar-refractivity contribution in [3.8, 4) is 0 Å². The molecule has 0 aromatic heterocycles. The molecule has 3 heteroatoms. The van der Waals surface area contributed by atoms with E-state index in [4.69, 9.17) is 0 Å². The standard InChI is InChI=1S/C14H22N2O/c1-12-3-5-13(6-4-12)9-16-8-2-7-15-14(10-16)11-17/h3-6,14-15,17H,2,7-11H2,1H3. The number of aliphatic hydroxyl groups is 1. The van der Waals surface area contributed by atoms with E-state index in [1.807, 2.05) is 0 Å². The highest BCUT2D eigenvalue weighted by Crippen LogP contribution is 2.09. The zero-order valence-corrected chi connectivity index (χ0v) is 10.5. The smallest absolute Gasteiger partial charge is 0.0597 e. The predicted molar refractivity (Wildman–Crippen MR) is 69.9 cm³/mol. The lowest BCUT2D eigenvalue weighted by Gasteiger charge is -2.23. The van der Waals surface area contributed by atoms with Crippen LogP contribution in [-0.4, -0.2) is 42.3 Å². The number of aryl methyl sites for hydroxylation is 1. The van der Waals surface area contributed by atoms with E-state index < -0.39 is 0 Å². The molecule has 0 amide bonds. The van der Waals surface area contributed by atoms with E-state index in [0.717, 1.165) is 32.6 Å². The molecule has 1 fully saturated rings. The molecule has 1 atom stereocenters. The van der Waals surface area contributed by atoms with Gasteiger partial charge in [0.05, 0.1) is 6.61 Å². The van der Waals surface area contributed by atoms with Crippen molar-refractivity contribution in [3.05, 3.63) is 35.4 Å². The molecule has 1 saturated heterocycles. The van der Waals surface area contributed by atoms with Crippen molar-refractivity contribution in [1.82, 2.24) is 10.2 Å². The van der Waals surface area contributed by atoms with Crippen LogP contribution in [0.5, 0.6) is 0 Å². The fraction of sp³-hybridized carbons (Fsp3) is 0.571. The molecule has 17 heavy (non-hydrogen) atoms. The van der Waals surface area contributed by atoms with Crippen LogP contribution in [0.4, 0.5) is 0 Å². The molecular weight excluding hydrogens is 212 g/mol. The second kappa shape index (κ2) is 6.15. The summed E-state index contributed by atoms with van der Waals surface area (Å²) in [7, 11) is 0. The predicted octanol–water partition coefficient (Wildman–Crippen LogP) is 1.15. The minimum atomic E-state index is 0.225. The third-order valence-electron chi connectivity index (χ3n) is 3.31. The van der Waals surface area contributed by atoms with Crippen LogP contribution in [0.25, 0.3) is 0 Å². The number of rotatable bonds is 3. The lowest BCUT2D eigenvalue weighted by molar-refractivity contribution is 0.196. The first kappa shape index (κ1) is 12.6. The van der Waals surface area contributed by atoms with E-state index in [2.05, 4.69) is 41.4 Å². The summed E-state index contributed by atoms with van der Waals surface area (Å²) in [5.41, 5.74) is 2.66. The average molecular weight is 234 g/mol. The van der Waals surface area contributed by atoms with Gasteiger partial charge in [-0.2, -0.15) is 0 Å². The van der Waals surface area contributed by atoms with Crippen LogP contribution in [0.3, 0.4) is 0 Å².